The van der Waals surface area contributed by atoms with E-state index in [0.29, 0.717) is 22.1 Å². The maximum Gasteiger partial charge on any atom is 0.248 e. The van der Waals surface area contributed by atoms with E-state index in [2.05, 4.69) is 15.3 Å². The van der Waals surface area contributed by atoms with Crippen molar-refractivity contribution in [1.29, 1.82) is 0 Å². The number of nitrogens with one attached hydrogen (secondary N) is 1. The molecule has 2 aromatic heterocycles. The minimum absolute atomic E-state index is 0.400. The zero-order valence-corrected chi connectivity index (χ0v) is 13.1. The van der Waals surface area contributed by atoms with Gasteiger partial charge in [-0.05, 0) is 30.3 Å². The summed E-state index contributed by atoms with van der Waals surface area (Å²) in [7, 11) is 1.56. The smallest absolute Gasteiger partial charge is 0.248 e. The number of methoxy groups -OCH3 is 1. The van der Waals surface area contributed by atoms with Crippen molar-refractivity contribution in [2.75, 3.05) is 12.4 Å². The zero-order chi connectivity index (χ0) is 16.2. The van der Waals surface area contributed by atoms with Gasteiger partial charge in [0, 0.05) is 28.9 Å². The van der Waals surface area contributed by atoms with Gasteiger partial charge < -0.3 is 15.8 Å². The first kappa shape index (κ1) is 15.0. The molecule has 0 aliphatic rings. The topological polar surface area (TPSA) is 90.1 Å². The van der Waals surface area contributed by atoms with Crippen molar-refractivity contribution in [1.82, 2.24) is 9.97 Å². The van der Waals surface area contributed by atoms with Crippen molar-refractivity contribution in [3.05, 3.63) is 53.7 Å². The molecule has 23 heavy (non-hydrogen) atoms. The lowest BCUT2D eigenvalue weighted by atomic mass is 10.2. The molecule has 0 unspecified atom stereocenters. The predicted octanol–water partition coefficient (Wildman–Crippen LogP) is 3.06. The Morgan fingerprint density at radius 2 is 2.22 bits per heavy atom. The van der Waals surface area contributed by atoms with Crippen LogP contribution in [0.4, 0.5) is 10.8 Å². The molecule has 3 N–H and O–H groups in total. The van der Waals surface area contributed by atoms with Crippen LogP contribution in [0.1, 0.15) is 10.4 Å². The number of hydrogen-bond acceptors (Lipinski definition) is 6. The summed E-state index contributed by atoms with van der Waals surface area (Å²) in [5.74, 6) is 0.110. The molecular weight excluding hydrogens is 312 g/mol. The lowest BCUT2D eigenvalue weighted by Crippen LogP contribution is -2.11. The Morgan fingerprint density at radius 3 is 2.91 bits per heavy atom. The fourth-order valence-electron chi connectivity index (χ4n) is 2.05. The maximum absolute atomic E-state index is 11.3. The van der Waals surface area contributed by atoms with Gasteiger partial charge in [-0.25, -0.2) is 4.98 Å². The molecule has 0 fully saturated rings. The summed E-state index contributed by atoms with van der Waals surface area (Å²) in [4.78, 5) is 19.9. The Labute approximate surface area is 137 Å². The largest absolute Gasteiger partial charge is 0.495 e. The molecule has 0 saturated carbocycles. The number of hydrogen-bond donors (Lipinski definition) is 2. The van der Waals surface area contributed by atoms with E-state index in [1.54, 1.807) is 37.7 Å². The summed E-state index contributed by atoms with van der Waals surface area (Å²) >= 11 is 1.45. The molecule has 0 aliphatic heterocycles. The standard InChI is InChI=1S/C16H14N4O2S/c1-22-14-5-4-10(15(17)21)7-12(14)19-16-20-13(9-23-16)11-3-2-6-18-8-11/h2-9H,1H3,(H2,17,21)(H,19,20). The van der Waals surface area contributed by atoms with Gasteiger partial charge in [0.25, 0.3) is 0 Å². The van der Waals surface area contributed by atoms with Crippen LogP contribution in [0.25, 0.3) is 11.3 Å². The van der Waals surface area contributed by atoms with Crippen molar-refractivity contribution in [2.24, 2.45) is 5.73 Å². The molecule has 2 heterocycles. The van der Waals surface area contributed by atoms with Crippen LogP contribution in [0.2, 0.25) is 0 Å². The molecule has 0 atom stereocenters. The van der Waals surface area contributed by atoms with E-state index in [4.69, 9.17) is 10.5 Å². The summed E-state index contributed by atoms with van der Waals surface area (Å²) < 4.78 is 5.30. The molecule has 0 saturated heterocycles. The summed E-state index contributed by atoms with van der Waals surface area (Å²) in [5, 5.41) is 5.78. The molecule has 0 aliphatic carbocycles. The highest BCUT2D eigenvalue weighted by molar-refractivity contribution is 7.14. The van der Waals surface area contributed by atoms with Crippen molar-refractivity contribution in [2.45, 2.75) is 0 Å². The fraction of sp³-hybridized carbons (Fsp3) is 0.0625. The number of rotatable bonds is 5. The molecule has 3 rings (SSSR count). The molecular formula is C16H14N4O2S. The Balaban J connectivity index is 1.89. The van der Waals surface area contributed by atoms with Crippen LogP contribution in [0.3, 0.4) is 0 Å². The fourth-order valence-corrected chi connectivity index (χ4v) is 2.78. The van der Waals surface area contributed by atoms with E-state index in [0.717, 1.165) is 11.3 Å². The van der Waals surface area contributed by atoms with Crippen LogP contribution in [0, 0.1) is 0 Å². The first-order chi connectivity index (χ1) is 11.2. The quantitative estimate of drug-likeness (QED) is 0.752. The molecule has 0 radical (unpaired) electrons. The van der Waals surface area contributed by atoms with E-state index in [-0.39, 0.29) is 0 Å². The van der Waals surface area contributed by atoms with E-state index >= 15 is 0 Å². The summed E-state index contributed by atoms with van der Waals surface area (Å²) in [6.07, 6.45) is 3.47. The SMILES string of the molecule is COc1ccc(C(N)=O)cc1Nc1nc(-c2cccnc2)cs1. The van der Waals surface area contributed by atoms with Crippen LogP contribution < -0.4 is 15.8 Å². The second kappa shape index (κ2) is 6.45. The number of nitrogens with zero attached hydrogens (tertiary/aromatic N) is 2. The summed E-state index contributed by atoms with van der Waals surface area (Å²) in [6.45, 7) is 0. The minimum atomic E-state index is -0.495. The van der Waals surface area contributed by atoms with Crippen LogP contribution in [0.15, 0.2) is 48.1 Å². The van der Waals surface area contributed by atoms with Gasteiger partial charge >= 0.3 is 0 Å². The highest BCUT2D eigenvalue weighted by atomic mass is 32.1. The lowest BCUT2D eigenvalue weighted by molar-refractivity contribution is 0.100. The Morgan fingerprint density at radius 1 is 1.35 bits per heavy atom. The molecule has 0 spiro atoms. The number of pyridine rings is 1. The molecule has 1 aromatic carbocycles. The zero-order valence-electron chi connectivity index (χ0n) is 12.3. The third-order valence-electron chi connectivity index (χ3n) is 3.19. The molecule has 6 nitrogen and oxygen atoms in total. The van der Waals surface area contributed by atoms with Gasteiger partial charge in [-0.15, -0.1) is 11.3 Å². The minimum Gasteiger partial charge on any atom is -0.495 e. The number of primary amides is 1. The van der Waals surface area contributed by atoms with Crippen molar-refractivity contribution >= 4 is 28.1 Å². The number of anilines is 2. The van der Waals surface area contributed by atoms with E-state index < -0.39 is 5.91 Å². The van der Waals surface area contributed by atoms with Gasteiger partial charge in [-0.3, -0.25) is 9.78 Å². The van der Waals surface area contributed by atoms with Crippen LogP contribution in [-0.4, -0.2) is 23.0 Å². The van der Waals surface area contributed by atoms with Gasteiger partial charge in [-0.2, -0.15) is 0 Å². The Hall–Kier alpha value is -2.93. The number of benzene rings is 1. The normalized spacial score (nSPS) is 10.3. The van der Waals surface area contributed by atoms with Gasteiger partial charge in [-0.1, -0.05) is 0 Å². The molecule has 0 bridgehead atoms. The van der Waals surface area contributed by atoms with Gasteiger partial charge in [0.1, 0.15) is 5.75 Å². The highest BCUT2D eigenvalue weighted by Crippen LogP contribution is 2.31. The summed E-state index contributed by atoms with van der Waals surface area (Å²) in [5.41, 5.74) is 8.12. The van der Waals surface area contributed by atoms with Gasteiger partial charge in [0.15, 0.2) is 5.13 Å². The van der Waals surface area contributed by atoms with Gasteiger partial charge in [0.2, 0.25) is 5.91 Å². The molecule has 3 aromatic rings. The predicted molar refractivity (Wildman–Crippen MR) is 90.1 cm³/mol. The second-order valence-electron chi connectivity index (χ2n) is 4.68. The van der Waals surface area contributed by atoms with Gasteiger partial charge in [0.05, 0.1) is 18.5 Å². The number of carbonyl (C=O) groups is 1. The van der Waals surface area contributed by atoms with E-state index in [9.17, 15) is 4.79 Å². The number of nitrogens with two attached hydrogens (primary N) is 1. The van der Waals surface area contributed by atoms with E-state index in [1.807, 2.05) is 17.5 Å². The van der Waals surface area contributed by atoms with Crippen molar-refractivity contribution in [3.8, 4) is 17.0 Å². The average molecular weight is 326 g/mol. The average Bonchev–Trinajstić information content (AvgIpc) is 3.04. The molecule has 1 amide bonds. The third kappa shape index (κ3) is 3.29. The molecule has 7 heteroatoms. The van der Waals surface area contributed by atoms with Crippen LogP contribution in [0.5, 0.6) is 5.75 Å². The lowest BCUT2D eigenvalue weighted by Gasteiger charge is -2.10. The first-order valence-electron chi connectivity index (χ1n) is 6.78. The van der Waals surface area contributed by atoms with Crippen molar-refractivity contribution in [3.63, 3.8) is 0 Å². The Kier molecular flexibility index (Phi) is 4.20. The van der Waals surface area contributed by atoms with Crippen LogP contribution in [-0.2, 0) is 0 Å². The first-order valence-corrected chi connectivity index (χ1v) is 7.66. The van der Waals surface area contributed by atoms with Crippen molar-refractivity contribution < 1.29 is 9.53 Å². The van der Waals surface area contributed by atoms with E-state index in [1.165, 1.54) is 11.3 Å². The summed E-state index contributed by atoms with van der Waals surface area (Å²) in [6, 6.07) is 8.76. The second-order valence-corrected chi connectivity index (χ2v) is 5.54. The number of aromatic nitrogens is 2. The van der Waals surface area contributed by atoms with Crippen LogP contribution >= 0.6 is 11.3 Å². The third-order valence-corrected chi connectivity index (χ3v) is 3.94. The number of ether oxygens (including phenoxy) is 1. The monoisotopic (exact) mass is 326 g/mol. The number of carbonyl (C=O) groups excluding carboxylic acids is 1. The highest BCUT2D eigenvalue weighted by Gasteiger charge is 2.10. The maximum atomic E-state index is 11.3. The number of amides is 1. The molecule has 116 valence electrons. The Bertz CT molecular complexity index is 833. The number of thiazole rings is 1.